The van der Waals surface area contributed by atoms with Crippen molar-refractivity contribution in [2.45, 2.75) is 19.6 Å². The van der Waals surface area contributed by atoms with E-state index in [2.05, 4.69) is 5.32 Å². The molecule has 0 radical (unpaired) electrons. The van der Waals surface area contributed by atoms with Gasteiger partial charge in [0.15, 0.2) is 0 Å². The van der Waals surface area contributed by atoms with Crippen LogP contribution in [0, 0.1) is 23.2 Å². The third-order valence-electron chi connectivity index (χ3n) is 4.56. The summed E-state index contributed by atoms with van der Waals surface area (Å²) >= 11 is 0. The molecule has 0 saturated carbocycles. The van der Waals surface area contributed by atoms with Crippen LogP contribution < -0.4 is 5.32 Å². The summed E-state index contributed by atoms with van der Waals surface area (Å²) < 4.78 is 15.7. The zero-order chi connectivity index (χ0) is 18.7. The van der Waals surface area contributed by atoms with Crippen LogP contribution in [-0.2, 0) is 19.0 Å². The van der Waals surface area contributed by atoms with Gasteiger partial charge >= 0.3 is 12.1 Å². The molecule has 0 spiro atoms. The number of hydrogen-bond donors (Lipinski definition) is 1. The standard InChI is InChI=1S/C19H18N2O5/c1-11-6-7-14-15(17(22)24-2)10-25-18(16(11)14)26-19(23)21-13-5-3-4-12(8-13)9-20/h3-6,8,10,14,16,18H,7H2,1-2H3,(H,21,23). The number of hydrogen-bond acceptors (Lipinski definition) is 6. The van der Waals surface area contributed by atoms with Crippen LogP contribution in [-0.4, -0.2) is 25.5 Å². The van der Waals surface area contributed by atoms with Gasteiger partial charge in [-0.2, -0.15) is 5.26 Å². The maximum atomic E-state index is 12.2. The number of nitrogens with zero attached hydrogens (tertiary/aromatic N) is 1. The molecule has 1 aromatic carbocycles. The Labute approximate surface area is 150 Å². The molecule has 1 amide bonds. The predicted molar refractivity (Wildman–Crippen MR) is 91.6 cm³/mol. The average molecular weight is 354 g/mol. The Morgan fingerprint density at radius 1 is 1.38 bits per heavy atom. The maximum Gasteiger partial charge on any atom is 0.414 e. The molecule has 1 heterocycles. The van der Waals surface area contributed by atoms with Crippen LogP contribution in [0.4, 0.5) is 10.5 Å². The zero-order valence-corrected chi connectivity index (χ0v) is 14.4. The van der Waals surface area contributed by atoms with E-state index in [4.69, 9.17) is 19.5 Å². The lowest BCUT2D eigenvalue weighted by Gasteiger charge is -2.33. The molecule has 1 aromatic rings. The van der Waals surface area contributed by atoms with E-state index in [0.717, 1.165) is 5.57 Å². The third-order valence-corrected chi connectivity index (χ3v) is 4.56. The van der Waals surface area contributed by atoms with Gasteiger partial charge < -0.3 is 14.2 Å². The third kappa shape index (κ3) is 3.40. The molecule has 3 atom stereocenters. The van der Waals surface area contributed by atoms with Crippen molar-refractivity contribution in [3.8, 4) is 6.07 Å². The van der Waals surface area contributed by atoms with Crippen molar-refractivity contribution in [2.75, 3.05) is 12.4 Å². The minimum atomic E-state index is -0.841. The number of allylic oxidation sites excluding steroid dienone is 1. The molecule has 134 valence electrons. The molecule has 1 N–H and O–H groups in total. The number of anilines is 1. The molecular weight excluding hydrogens is 336 g/mol. The summed E-state index contributed by atoms with van der Waals surface area (Å²) in [5, 5.41) is 11.5. The van der Waals surface area contributed by atoms with Crippen LogP contribution in [0.2, 0.25) is 0 Å². The highest BCUT2D eigenvalue weighted by molar-refractivity contribution is 5.89. The summed E-state index contributed by atoms with van der Waals surface area (Å²) in [5.74, 6) is -0.833. The lowest BCUT2D eigenvalue weighted by molar-refractivity contribution is -0.141. The SMILES string of the molecule is COC(=O)C1=COC(OC(=O)Nc2cccc(C#N)c2)C2C(C)=CCC12. The van der Waals surface area contributed by atoms with Crippen LogP contribution in [0.5, 0.6) is 0 Å². The first-order chi connectivity index (χ1) is 12.5. The van der Waals surface area contributed by atoms with Crippen molar-refractivity contribution in [1.29, 1.82) is 5.26 Å². The van der Waals surface area contributed by atoms with Crippen molar-refractivity contribution in [3.05, 3.63) is 53.3 Å². The van der Waals surface area contributed by atoms with E-state index in [1.807, 2.05) is 19.1 Å². The van der Waals surface area contributed by atoms with Crippen molar-refractivity contribution in [3.63, 3.8) is 0 Å². The summed E-state index contributed by atoms with van der Waals surface area (Å²) in [6, 6.07) is 8.50. The molecule has 3 rings (SSSR count). The van der Waals surface area contributed by atoms with E-state index in [1.54, 1.807) is 24.3 Å². The fourth-order valence-electron chi connectivity index (χ4n) is 3.29. The van der Waals surface area contributed by atoms with E-state index >= 15 is 0 Å². The Balaban J connectivity index is 1.72. The summed E-state index contributed by atoms with van der Waals surface area (Å²) in [7, 11) is 1.32. The topological polar surface area (TPSA) is 97.7 Å². The molecule has 0 bridgehead atoms. The van der Waals surface area contributed by atoms with Crippen molar-refractivity contribution in [1.82, 2.24) is 0 Å². The number of rotatable bonds is 3. The second-order valence-electron chi connectivity index (χ2n) is 6.11. The van der Waals surface area contributed by atoms with Crippen LogP contribution in [0.1, 0.15) is 18.9 Å². The molecule has 1 aliphatic carbocycles. The van der Waals surface area contributed by atoms with Crippen LogP contribution in [0.25, 0.3) is 0 Å². The predicted octanol–water partition coefficient (Wildman–Crippen LogP) is 3.10. The van der Waals surface area contributed by atoms with Gasteiger partial charge in [0.25, 0.3) is 6.29 Å². The molecule has 0 aromatic heterocycles. The van der Waals surface area contributed by atoms with Crippen LogP contribution in [0.3, 0.4) is 0 Å². The molecule has 7 nitrogen and oxygen atoms in total. The summed E-state index contributed by atoms with van der Waals surface area (Å²) in [4.78, 5) is 24.1. The maximum absolute atomic E-state index is 12.2. The van der Waals surface area contributed by atoms with Gasteiger partial charge in [-0.1, -0.05) is 17.7 Å². The van der Waals surface area contributed by atoms with Crippen LogP contribution in [0.15, 0.2) is 47.7 Å². The van der Waals surface area contributed by atoms with Gasteiger partial charge in [-0.3, -0.25) is 5.32 Å². The minimum Gasteiger partial charge on any atom is -0.466 e. The second-order valence-corrected chi connectivity index (χ2v) is 6.11. The molecule has 0 fully saturated rings. The van der Waals surface area contributed by atoms with Crippen molar-refractivity contribution < 1.29 is 23.8 Å². The van der Waals surface area contributed by atoms with E-state index in [1.165, 1.54) is 13.4 Å². The van der Waals surface area contributed by atoms with Gasteiger partial charge in [0, 0.05) is 11.6 Å². The summed E-state index contributed by atoms with van der Waals surface area (Å²) in [5.41, 5.74) is 2.31. The molecule has 1 aliphatic heterocycles. The largest absolute Gasteiger partial charge is 0.466 e. The van der Waals surface area contributed by atoms with Gasteiger partial charge in [0.05, 0.1) is 36.5 Å². The number of esters is 1. The van der Waals surface area contributed by atoms with Gasteiger partial charge in [-0.05, 0) is 31.5 Å². The molecule has 26 heavy (non-hydrogen) atoms. The Bertz CT molecular complexity index is 837. The first-order valence-corrected chi connectivity index (χ1v) is 8.11. The zero-order valence-electron chi connectivity index (χ0n) is 14.4. The first-order valence-electron chi connectivity index (χ1n) is 8.11. The Morgan fingerprint density at radius 2 is 2.19 bits per heavy atom. The monoisotopic (exact) mass is 354 g/mol. The van der Waals surface area contributed by atoms with E-state index in [-0.39, 0.29) is 11.8 Å². The van der Waals surface area contributed by atoms with E-state index in [9.17, 15) is 9.59 Å². The summed E-state index contributed by atoms with van der Waals surface area (Å²) in [6.07, 6.45) is 2.44. The molecule has 3 unspecified atom stereocenters. The highest BCUT2D eigenvalue weighted by Crippen LogP contribution is 2.43. The average Bonchev–Trinajstić information content (AvgIpc) is 3.03. The number of nitriles is 1. The number of ether oxygens (including phenoxy) is 3. The van der Waals surface area contributed by atoms with Gasteiger partial charge in [-0.15, -0.1) is 0 Å². The minimum absolute atomic E-state index is 0.143. The number of fused-ring (bicyclic) bond motifs is 1. The Kier molecular flexibility index (Phi) is 4.94. The highest BCUT2D eigenvalue weighted by Gasteiger charge is 2.44. The lowest BCUT2D eigenvalue weighted by Crippen LogP contribution is -2.38. The summed E-state index contributed by atoms with van der Waals surface area (Å²) in [6.45, 7) is 1.92. The molecule has 0 saturated heterocycles. The normalized spacial score (nSPS) is 23.5. The van der Waals surface area contributed by atoms with Crippen LogP contribution >= 0.6 is 0 Å². The number of carbonyl (C=O) groups is 2. The van der Waals surface area contributed by atoms with E-state index in [0.29, 0.717) is 23.2 Å². The highest BCUT2D eigenvalue weighted by atomic mass is 16.7. The number of benzene rings is 1. The Morgan fingerprint density at radius 3 is 2.92 bits per heavy atom. The van der Waals surface area contributed by atoms with Crippen molar-refractivity contribution in [2.24, 2.45) is 11.8 Å². The van der Waals surface area contributed by atoms with Gasteiger partial charge in [-0.25, -0.2) is 9.59 Å². The second kappa shape index (κ2) is 7.31. The van der Waals surface area contributed by atoms with Crippen molar-refractivity contribution >= 4 is 17.7 Å². The molecule has 2 aliphatic rings. The number of methoxy groups -OCH3 is 1. The number of carbonyl (C=O) groups excluding carboxylic acids is 2. The molecular formula is C19H18N2O5. The first kappa shape index (κ1) is 17.5. The van der Waals surface area contributed by atoms with E-state index < -0.39 is 18.4 Å². The Hall–Kier alpha value is -3.27. The fraction of sp³-hybridized carbons (Fsp3) is 0.316. The lowest BCUT2D eigenvalue weighted by atomic mass is 9.84. The van der Waals surface area contributed by atoms with Gasteiger partial charge in [0.2, 0.25) is 0 Å². The quantitative estimate of drug-likeness (QED) is 0.662. The molecule has 7 heteroatoms. The smallest absolute Gasteiger partial charge is 0.414 e. The number of nitrogens with one attached hydrogen (secondary N) is 1. The fourth-order valence-corrected chi connectivity index (χ4v) is 3.29. The number of amides is 1. The van der Waals surface area contributed by atoms with Gasteiger partial charge in [0.1, 0.15) is 0 Å².